The molecule has 0 saturated carbocycles. The van der Waals surface area contributed by atoms with E-state index in [1.807, 2.05) is 65.2 Å². The Bertz CT molecular complexity index is 1960. The maximum absolute atomic E-state index is 13.1. The van der Waals surface area contributed by atoms with E-state index < -0.39 is 5.60 Å². The van der Waals surface area contributed by atoms with E-state index in [-0.39, 0.29) is 11.7 Å². The van der Waals surface area contributed by atoms with Crippen molar-refractivity contribution < 1.29 is 14.3 Å². The van der Waals surface area contributed by atoms with Gasteiger partial charge in [-0.15, -0.1) is 0 Å². The second-order valence-electron chi connectivity index (χ2n) is 13.7. The van der Waals surface area contributed by atoms with E-state index >= 15 is 0 Å². The second-order valence-corrected chi connectivity index (χ2v) is 13.7. The molecular formula is C36H44N8O4. The summed E-state index contributed by atoms with van der Waals surface area (Å²) in [6.07, 6.45) is 3.42. The van der Waals surface area contributed by atoms with E-state index in [0.29, 0.717) is 49.7 Å². The first kappa shape index (κ1) is 32.9. The van der Waals surface area contributed by atoms with Crippen LogP contribution in [0.15, 0.2) is 47.5 Å². The lowest BCUT2D eigenvalue weighted by Crippen LogP contribution is -2.50. The minimum atomic E-state index is -0.518. The summed E-state index contributed by atoms with van der Waals surface area (Å²) in [6.45, 7) is 12.7. The molecule has 0 bridgehead atoms. The van der Waals surface area contributed by atoms with Crippen LogP contribution >= 0.6 is 0 Å². The highest BCUT2D eigenvalue weighted by Gasteiger charge is 2.28. The van der Waals surface area contributed by atoms with Gasteiger partial charge in [0.2, 0.25) is 0 Å². The number of pyridine rings is 1. The molecule has 0 atom stereocenters. The fraction of sp³-hybridized carbons (Fsp3) is 0.444. The average molecular weight is 653 g/mol. The predicted octanol–water partition coefficient (Wildman–Crippen LogP) is 4.64. The lowest BCUT2D eigenvalue weighted by atomic mass is 9.98. The van der Waals surface area contributed by atoms with Gasteiger partial charge in [-0.05, 0) is 45.9 Å². The number of fused-ring (bicyclic) bond motifs is 2. The summed E-state index contributed by atoms with van der Waals surface area (Å²) in [5, 5.41) is 15.5. The van der Waals surface area contributed by atoms with Gasteiger partial charge in [0, 0.05) is 107 Å². The number of rotatable bonds is 6. The number of anilines is 3. The fourth-order valence-electron chi connectivity index (χ4n) is 6.49. The number of benzene rings is 2. The Hall–Kier alpha value is -5.02. The zero-order valence-electron chi connectivity index (χ0n) is 28.9. The van der Waals surface area contributed by atoms with Crippen molar-refractivity contribution in [1.29, 1.82) is 5.26 Å². The molecule has 2 aliphatic heterocycles. The Morgan fingerprint density at radius 3 is 2.38 bits per heavy atom. The van der Waals surface area contributed by atoms with Gasteiger partial charge >= 0.3 is 6.09 Å². The number of hydrogen-bond donors (Lipinski definition) is 0. The van der Waals surface area contributed by atoms with Gasteiger partial charge in [0.1, 0.15) is 18.0 Å². The third-order valence-corrected chi connectivity index (χ3v) is 9.08. The molecule has 1 amide bonds. The highest BCUT2D eigenvalue weighted by molar-refractivity contribution is 5.98. The molecule has 4 heterocycles. The summed E-state index contributed by atoms with van der Waals surface area (Å²) in [4.78, 5) is 34.0. The number of carbonyl (C=O) groups is 1. The first-order chi connectivity index (χ1) is 22.8. The Balaban J connectivity index is 1.29. The minimum absolute atomic E-state index is 0.0554. The van der Waals surface area contributed by atoms with Gasteiger partial charge in [0.25, 0.3) is 5.56 Å². The number of amides is 1. The molecule has 0 spiro atoms. The van der Waals surface area contributed by atoms with Crippen LogP contribution in [0, 0.1) is 18.3 Å². The van der Waals surface area contributed by atoms with Crippen molar-refractivity contribution in [3.05, 3.63) is 64.2 Å². The maximum Gasteiger partial charge on any atom is 0.410 e. The number of nitriles is 1. The molecule has 6 rings (SSSR count). The van der Waals surface area contributed by atoms with Crippen LogP contribution < -0.4 is 20.1 Å². The molecule has 0 unspecified atom stereocenters. The standard InChI is InChI=1S/C36H44N8O4/c1-24-16-29-30(41(7)34(24)45)18-27(47-15-14-42-9-11-43(12-10-42)35(46)48-36(2,3)4)19-31(29)44-13-8-39(5)32-20-28(25(21-37)17-33(32)44)26-22-38-40(6)23-26/h16-20,22-23H,8-15H2,1-7H3. The Kier molecular flexibility index (Phi) is 8.83. The van der Waals surface area contributed by atoms with Crippen LogP contribution in [0.4, 0.5) is 21.9 Å². The van der Waals surface area contributed by atoms with Crippen molar-refractivity contribution in [2.24, 2.45) is 14.1 Å². The van der Waals surface area contributed by atoms with Crippen molar-refractivity contribution in [3.63, 3.8) is 0 Å². The number of aryl methyl sites for hydroxylation is 3. The van der Waals surface area contributed by atoms with E-state index in [2.05, 4.69) is 39.0 Å². The Labute approximate surface area is 281 Å². The topological polar surface area (TPSA) is 112 Å². The van der Waals surface area contributed by atoms with Gasteiger partial charge in [-0.2, -0.15) is 10.4 Å². The minimum Gasteiger partial charge on any atom is -0.492 e. The monoisotopic (exact) mass is 652 g/mol. The normalized spacial score (nSPS) is 15.4. The summed E-state index contributed by atoms with van der Waals surface area (Å²) >= 11 is 0. The molecule has 1 fully saturated rings. The molecule has 0 N–H and O–H groups in total. The molecule has 12 heteroatoms. The number of aromatic nitrogens is 3. The molecule has 48 heavy (non-hydrogen) atoms. The van der Waals surface area contributed by atoms with Crippen molar-refractivity contribution >= 4 is 34.1 Å². The van der Waals surface area contributed by atoms with E-state index in [0.717, 1.165) is 58.7 Å². The van der Waals surface area contributed by atoms with Crippen molar-refractivity contribution in [1.82, 2.24) is 24.1 Å². The van der Waals surface area contributed by atoms with Crippen LogP contribution in [0.25, 0.3) is 22.0 Å². The highest BCUT2D eigenvalue weighted by Crippen LogP contribution is 2.44. The second kappa shape index (κ2) is 12.9. The highest BCUT2D eigenvalue weighted by atomic mass is 16.6. The smallest absolute Gasteiger partial charge is 0.410 e. The zero-order valence-corrected chi connectivity index (χ0v) is 28.9. The van der Waals surface area contributed by atoms with Crippen molar-refractivity contribution in [3.8, 4) is 22.9 Å². The van der Waals surface area contributed by atoms with Gasteiger partial charge in [-0.25, -0.2) is 4.79 Å². The predicted molar refractivity (Wildman–Crippen MR) is 187 cm³/mol. The van der Waals surface area contributed by atoms with E-state index in [4.69, 9.17) is 9.47 Å². The lowest BCUT2D eigenvalue weighted by Gasteiger charge is -2.38. The summed E-state index contributed by atoms with van der Waals surface area (Å²) in [5.74, 6) is 0.664. The molecule has 12 nitrogen and oxygen atoms in total. The molecule has 2 aromatic heterocycles. The van der Waals surface area contributed by atoms with Crippen molar-refractivity contribution in [2.45, 2.75) is 33.3 Å². The van der Waals surface area contributed by atoms with Crippen LogP contribution in [0.5, 0.6) is 5.75 Å². The Morgan fingerprint density at radius 1 is 0.958 bits per heavy atom. The molecule has 4 aromatic rings. The molecule has 0 radical (unpaired) electrons. The van der Waals surface area contributed by atoms with Crippen LogP contribution in [-0.4, -0.2) is 95.3 Å². The number of piperazine rings is 1. The number of carbonyl (C=O) groups excluding carboxylic acids is 1. The van der Waals surface area contributed by atoms with Gasteiger partial charge in [0.05, 0.1) is 40.4 Å². The number of ether oxygens (including phenoxy) is 2. The van der Waals surface area contributed by atoms with Crippen LogP contribution in [0.2, 0.25) is 0 Å². The quantitative estimate of drug-likeness (QED) is 0.294. The molecule has 2 aromatic carbocycles. The van der Waals surface area contributed by atoms with Gasteiger partial charge < -0.3 is 28.7 Å². The van der Waals surface area contributed by atoms with Gasteiger partial charge in [-0.1, -0.05) is 0 Å². The van der Waals surface area contributed by atoms with Crippen molar-refractivity contribution in [2.75, 3.05) is 69.3 Å². The molecule has 2 aliphatic rings. The molecule has 1 saturated heterocycles. The van der Waals surface area contributed by atoms with E-state index in [9.17, 15) is 14.9 Å². The summed E-state index contributed by atoms with van der Waals surface area (Å²) in [6, 6.07) is 12.4. The molecule has 0 aliphatic carbocycles. The maximum atomic E-state index is 13.1. The first-order valence-electron chi connectivity index (χ1n) is 16.4. The lowest BCUT2D eigenvalue weighted by molar-refractivity contribution is 0.0137. The Morgan fingerprint density at radius 2 is 1.71 bits per heavy atom. The average Bonchev–Trinajstić information content (AvgIpc) is 3.49. The fourth-order valence-corrected chi connectivity index (χ4v) is 6.49. The number of hydrogen-bond acceptors (Lipinski definition) is 9. The largest absolute Gasteiger partial charge is 0.492 e. The SMILES string of the molecule is Cc1cc2c(N3CCN(C)c4cc(-c5cnn(C)c5)c(C#N)cc43)cc(OCCN3CCN(C(=O)OC(C)(C)C)CC3)cc2n(C)c1=O. The van der Waals surface area contributed by atoms with Gasteiger partial charge in [-0.3, -0.25) is 14.4 Å². The number of likely N-dealkylation sites (N-methyl/N-ethyl adjacent to an activating group) is 1. The van der Waals surface area contributed by atoms with E-state index in [1.165, 1.54) is 0 Å². The van der Waals surface area contributed by atoms with Crippen LogP contribution in [0.3, 0.4) is 0 Å². The first-order valence-corrected chi connectivity index (χ1v) is 16.4. The summed E-state index contributed by atoms with van der Waals surface area (Å²) < 4.78 is 15.3. The molecular weight excluding hydrogens is 608 g/mol. The zero-order chi connectivity index (χ0) is 34.3. The third-order valence-electron chi connectivity index (χ3n) is 9.08. The molecule has 252 valence electrons. The van der Waals surface area contributed by atoms with Crippen LogP contribution in [-0.2, 0) is 18.8 Å². The third kappa shape index (κ3) is 6.55. The summed E-state index contributed by atoms with van der Waals surface area (Å²) in [7, 11) is 5.72. The van der Waals surface area contributed by atoms with Crippen LogP contribution in [0.1, 0.15) is 31.9 Å². The van der Waals surface area contributed by atoms with Gasteiger partial charge in [0.15, 0.2) is 0 Å². The summed E-state index contributed by atoms with van der Waals surface area (Å²) in [5.41, 5.74) is 5.99. The van der Waals surface area contributed by atoms with E-state index in [1.54, 1.807) is 27.4 Å². The number of nitrogens with zero attached hydrogens (tertiary/aromatic N) is 8.